The molecule has 1 atom stereocenters. The van der Waals surface area contributed by atoms with Gasteiger partial charge in [0.1, 0.15) is 21.5 Å². The molecule has 0 fully saturated rings. The first-order valence-corrected chi connectivity index (χ1v) is 13.5. The summed E-state index contributed by atoms with van der Waals surface area (Å²) in [6.07, 6.45) is -2.64. The highest BCUT2D eigenvalue weighted by Gasteiger charge is 2.35. The van der Waals surface area contributed by atoms with Gasteiger partial charge >= 0.3 is 14.0 Å². The van der Waals surface area contributed by atoms with Crippen molar-refractivity contribution < 1.29 is 41.5 Å². The molecule has 0 aliphatic carbocycles. The molecule has 9 nitrogen and oxygen atoms in total. The Hall–Kier alpha value is -2.54. The van der Waals surface area contributed by atoms with Crippen LogP contribution in [0.2, 0.25) is 0 Å². The van der Waals surface area contributed by atoms with Crippen LogP contribution in [0.3, 0.4) is 0 Å². The molecule has 3 rings (SSSR count). The molecule has 202 valence electrons. The van der Waals surface area contributed by atoms with Crippen molar-refractivity contribution >= 4 is 19.2 Å². The van der Waals surface area contributed by atoms with Gasteiger partial charge < -0.3 is 25.0 Å². The highest BCUT2D eigenvalue weighted by atomic mass is 32.1. The normalized spacial score (nSPS) is 13.8. The molecule has 0 spiro atoms. The van der Waals surface area contributed by atoms with Crippen LogP contribution in [0, 0.1) is 0 Å². The number of unbranched alkanes of at least 4 members (excludes halogenated alkanes) is 2. The van der Waals surface area contributed by atoms with Gasteiger partial charge in [-0.25, -0.2) is 4.57 Å². The number of aromatic nitrogens is 2. The number of phosphoric ester groups is 1. The number of ether oxygens (including phenoxy) is 2. The van der Waals surface area contributed by atoms with Crippen molar-refractivity contribution in [3.05, 3.63) is 59.1 Å². The number of alkyl halides is 3. The molecule has 0 radical (unpaired) electrons. The lowest BCUT2D eigenvalue weighted by atomic mass is 10.1. The third kappa shape index (κ3) is 9.06. The second kappa shape index (κ2) is 12.3. The SMILES string of the molecule is C[C@](N)(COP(=O)(O)O)c1nnc(-c2ccc(OCCCCCOc3ccccc3)c(C(F)(F)F)c2)s1. The van der Waals surface area contributed by atoms with Crippen LogP contribution < -0.4 is 15.2 Å². The zero-order chi connectivity index (χ0) is 27.1. The van der Waals surface area contributed by atoms with Gasteiger partial charge in [0.05, 0.1) is 30.9 Å². The molecule has 0 saturated heterocycles. The van der Waals surface area contributed by atoms with Crippen LogP contribution in [0.5, 0.6) is 11.5 Å². The monoisotopic (exact) mass is 561 g/mol. The van der Waals surface area contributed by atoms with Crippen molar-refractivity contribution in [1.82, 2.24) is 10.2 Å². The highest BCUT2D eigenvalue weighted by Crippen LogP contribution is 2.41. The number of hydrogen-bond acceptors (Lipinski definition) is 8. The van der Waals surface area contributed by atoms with Crippen LogP contribution in [0.1, 0.15) is 36.8 Å². The maximum absolute atomic E-state index is 13.7. The van der Waals surface area contributed by atoms with E-state index in [0.29, 0.717) is 13.0 Å². The first-order chi connectivity index (χ1) is 17.4. The second-order valence-electron chi connectivity index (χ2n) is 8.37. The highest BCUT2D eigenvalue weighted by molar-refractivity contribution is 7.46. The van der Waals surface area contributed by atoms with E-state index in [2.05, 4.69) is 14.7 Å². The molecule has 4 N–H and O–H groups in total. The number of rotatable bonds is 13. The van der Waals surface area contributed by atoms with Gasteiger partial charge in [0.2, 0.25) is 0 Å². The molecule has 2 aromatic carbocycles. The lowest BCUT2D eigenvalue weighted by molar-refractivity contribution is -0.138. The number of para-hydroxylation sites is 1. The number of nitrogens with two attached hydrogens (primary N) is 1. The zero-order valence-electron chi connectivity index (χ0n) is 19.8. The average molecular weight is 562 g/mol. The topological polar surface area (TPSA) is 137 Å². The predicted octanol–water partition coefficient (Wildman–Crippen LogP) is 5.14. The summed E-state index contributed by atoms with van der Waals surface area (Å²) in [4.78, 5) is 17.8. The number of halogens is 3. The van der Waals surface area contributed by atoms with Crippen molar-refractivity contribution in [1.29, 1.82) is 0 Å². The number of phosphoric acid groups is 1. The molecule has 0 unspecified atom stereocenters. The maximum Gasteiger partial charge on any atom is 0.469 e. The van der Waals surface area contributed by atoms with Gasteiger partial charge in [0.15, 0.2) is 0 Å². The quantitative estimate of drug-likeness (QED) is 0.191. The van der Waals surface area contributed by atoms with E-state index in [0.717, 1.165) is 36.0 Å². The largest absolute Gasteiger partial charge is 0.494 e. The zero-order valence-corrected chi connectivity index (χ0v) is 21.6. The summed E-state index contributed by atoms with van der Waals surface area (Å²) >= 11 is 0.896. The fourth-order valence-electron chi connectivity index (χ4n) is 3.13. The smallest absolute Gasteiger partial charge is 0.469 e. The van der Waals surface area contributed by atoms with Crippen LogP contribution in [-0.2, 0) is 20.8 Å². The van der Waals surface area contributed by atoms with Gasteiger partial charge in [0.25, 0.3) is 0 Å². The molecule has 0 bridgehead atoms. The van der Waals surface area contributed by atoms with E-state index in [1.807, 2.05) is 30.3 Å². The van der Waals surface area contributed by atoms with Crippen LogP contribution in [0.15, 0.2) is 48.5 Å². The molecule has 1 heterocycles. The Morgan fingerprint density at radius 3 is 2.32 bits per heavy atom. The lowest BCUT2D eigenvalue weighted by Crippen LogP contribution is -2.37. The molecule has 37 heavy (non-hydrogen) atoms. The third-order valence-corrected chi connectivity index (χ3v) is 6.75. The van der Waals surface area contributed by atoms with Crippen molar-refractivity contribution in [3.63, 3.8) is 0 Å². The fraction of sp³-hybridized carbons (Fsp3) is 0.391. The number of hydrogen-bond donors (Lipinski definition) is 3. The maximum atomic E-state index is 13.7. The summed E-state index contributed by atoms with van der Waals surface area (Å²) in [5.41, 5.74) is 3.80. The van der Waals surface area contributed by atoms with Crippen LogP contribution >= 0.6 is 19.2 Å². The Bertz CT molecular complexity index is 1200. The predicted molar refractivity (Wildman–Crippen MR) is 131 cm³/mol. The van der Waals surface area contributed by atoms with E-state index >= 15 is 0 Å². The van der Waals surface area contributed by atoms with Gasteiger partial charge in [0, 0.05) is 5.56 Å². The van der Waals surface area contributed by atoms with Crippen molar-refractivity contribution in [2.45, 2.75) is 37.9 Å². The Labute approximate surface area is 215 Å². The molecule has 3 aromatic rings. The van der Waals surface area contributed by atoms with Gasteiger partial charge in [-0.15, -0.1) is 10.2 Å². The van der Waals surface area contributed by atoms with E-state index in [9.17, 15) is 17.7 Å². The molecule has 1 aromatic heterocycles. The summed E-state index contributed by atoms with van der Waals surface area (Å²) in [5, 5.41) is 8.06. The van der Waals surface area contributed by atoms with E-state index < -0.39 is 31.7 Å². The fourth-order valence-corrected chi connectivity index (χ4v) is 4.45. The van der Waals surface area contributed by atoms with Gasteiger partial charge in [-0.1, -0.05) is 29.5 Å². The molecule has 0 saturated carbocycles. The summed E-state index contributed by atoms with van der Waals surface area (Å²) < 4.78 is 67.7. The number of nitrogens with zero attached hydrogens (tertiary/aromatic N) is 2. The van der Waals surface area contributed by atoms with Crippen LogP contribution in [0.25, 0.3) is 10.6 Å². The first kappa shape index (κ1) is 29.0. The Kier molecular flexibility index (Phi) is 9.68. The molecule has 0 amide bonds. The molecule has 14 heteroatoms. The Balaban J connectivity index is 1.59. The Morgan fingerprint density at radius 2 is 1.68 bits per heavy atom. The van der Waals surface area contributed by atoms with Crippen molar-refractivity contribution in [2.75, 3.05) is 19.8 Å². The van der Waals surface area contributed by atoms with Crippen LogP contribution in [0.4, 0.5) is 13.2 Å². The number of benzene rings is 2. The molecule has 0 aliphatic rings. The molecule has 0 aliphatic heterocycles. The average Bonchev–Trinajstić information content (AvgIpc) is 3.33. The minimum Gasteiger partial charge on any atom is -0.494 e. The minimum absolute atomic E-state index is 0.113. The van der Waals surface area contributed by atoms with Gasteiger partial charge in [-0.05, 0) is 56.5 Å². The summed E-state index contributed by atoms with van der Waals surface area (Å²) in [6.45, 7) is 1.47. The van der Waals surface area contributed by atoms with E-state index in [4.69, 9.17) is 25.0 Å². The van der Waals surface area contributed by atoms with E-state index in [1.54, 1.807) is 0 Å². The van der Waals surface area contributed by atoms with Crippen LogP contribution in [-0.4, -0.2) is 39.8 Å². The Morgan fingerprint density at radius 1 is 1.00 bits per heavy atom. The van der Waals surface area contributed by atoms with Gasteiger partial charge in [-0.3, -0.25) is 4.52 Å². The van der Waals surface area contributed by atoms with Crippen molar-refractivity contribution in [3.8, 4) is 22.1 Å². The standard InChI is InChI=1S/C23H27F3N3O6PS/c1-22(27,15-35-36(30,31)32)21-29-28-20(37-21)16-10-11-19(18(14-16)23(24,25)26)34-13-7-3-6-12-33-17-8-4-2-5-9-17/h2,4-5,8-11,14H,3,6-7,12-13,15,27H2,1H3,(H2,30,31,32)/t22-/m0/s1. The van der Waals surface area contributed by atoms with E-state index in [-0.39, 0.29) is 27.9 Å². The first-order valence-electron chi connectivity index (χ1n) is 11.2. The van der Waals surface area contributed by atoms with Gasteiger partial charge in [-0.2, -0.15) is 13.2 Å². The second-order valence-corrected chi connectivity index (χ2v) is 10.6. The summed E-state index contributed by atoms with van der Waals surface area (Å²) in [5.74, 6) is 0.474. The lowest BCUT2D eigenvalue weighted by Gasteiger charge is -2.21. The molecular weight excluding hydrogens is 534 g/mol. The summed E-state index contributed by atoms with van der Waals surface area (Å²) in [6, 6.07) is 12.9. The van der Waals surface area contributed by atoms with Crippen molar-refractivity contribution in [2.24, 2.45) is 5.73 Å². The third-order valence-electron chi connectivity index (χ3n) is 5.04. The van der Waals surface area contributed by atoms with E-state index in [1.165, 1.54) is 19.1 Å². The minimum atomic E-state index is -4.76. The summed E-state index contributed by atoms with van der Waals surface area (Å²) in [7, 11) is -4.76. The molecular formula is C23H27F3N3O6PS.